The van der Waals surface area contributed by atoms with Crippen LogP contribution in [0.1, 0.15) is 32.3 Å². The Morgan fingerprint density at radius 3 is 2.74 bits per heavy atom. The molecule has 1 aliphatic rings. The van der Waals surface area contributed by atoms with Crippen molar-refractivity contribution < 1.29 is 14.0 Å². The van der Waals surface area contributed by atoms with Gasteiger partial charge in [0.25, 0.3) is 0 Å². The zero-order chi connectivity index (χ0) is 19.8. The number of aromatic nitrogens is 1. The quantitative estimate of drug-likeness (QED) is 0.589. The van der Waals surface area contributed by atoms with Gasteiger partial charge in [0.1, 0.15) is 12.6 Å². The maximum atomic E-state index is 12.9. The van der Waals surface area contributed by atoms with Crippen LogP contribution in [0.2, 0.25) is 0 Å². The smallest absolute Gasteiger partial charge is 0.318 e. The van der Waals surface area contributed by atoms with E-state index in [-0.39, 0.29) is 24.4 Å². The van der Waals surface area contributed by atoms with Crippen LogP contribution >= 0.6 is 0 Å². The van der Waals surface area contributed by atoms with E-state index in [4.69, 9.17) is 5.26 Å². The van der Waals surface area contributed by atoms with E-state index in [0.717, 1.165) is 11.1 Å². The number of nitrogens with one attached hydrogen (secondary N) is 2. The van der Waals surface area contributed by atoms with Gasteiger partial charge in [-0.1, -0.05) is 19.9 Å². The lowest BCUT2D eigenvalue weighted by Crippen LogP contribution is -2.52. The number of carbonyl (C=O) groups is 2. The highest BCUT2D eigenvalue weighted by Crippen LogP contribution is 2.22. The fraction of sp³-hybridized carbons (Fsp3) is 0.474. The highest BCUT2D eigenvalue weighted by molar-refractivity contribution is 5.87. The summed E-state index contributed by atoms with van der Waals surface area (Å²) in [5.74, 6) is -0.673. The zero-order valence-electron chi connectivity index (χ0n) is 15.5. The average molecular weight is 373 g/mol. The van der Waals surface area contributed by atoms with Crippen LogP contribution in [-0.4, -0.2) is 47.5 Å². The predicted molar refractivity (Wildman–Crippen MR) is 98.8 cm³/mol. The minimum atomic E-state index is -0.683. The van der Waals surface area contributed by atoms with Crippen molar-refractivity contribution in [2.24, 2.45) is 5.92 Å². The molecule has 0 saturated heterocycles. The molecule has 1 unspecified atom stereocenters. The summed E-state index contributed by atoms with van der Waals surface area (Å²) in [5.41, 5.74) is 1.85. The predicted octanol–water partition coefficient (Wildman–Crippen LogP) is 2.07. The van der Waals surface area contributed by atoms with Crippen molar-refractivity contribution in [2.75, 3.05) is 19.6 Å². The first-order valence-corrected chi connectivity index (χ1v) is 8.91. The molecule has 0 aromatic carbocycles. The molecule has 0 radical (unpaired) electrons. The van der Waals surface area contributed by atoms with Gasteiger partial charge in [0.05, 0.1) is 6.07 Å². The first kappa shape index (κ1) is 20.4. The highest BCUT2D eigenvalue weighted by atomic mass is 19.1. The SMILES string of the molecule is CC(C)CC(NC(=O)N1CC=C(c2ccc(F)nc2)CC1)C(=O)NCC#N. The molecular formula is C19H24FN5O2. The minimum absolute atomic E-state index is 0.0924. The van der Waals surface area contributed by atoms with Gasteiger partial charge in [0, 0.05) is 19.3 Å². The molecule has 27 heavy (non-hydrogen) atoms. The lowest BCUT2D eigenvalue weighted by Gasteiger charge is -2.29. The van der Waals surface area contributed by atoms with Crippen LogP contribution < -0.4 is 10.6 Å². The summed E-state index contributed by atoms with van der Waals surface area (Å²) >= 11 is 0. The van der Waals surface area contributed by atoms with Crippen LogP contribution in [-0.2, 0) is 4.79 Å². The average Bonchev–Trinajstić information content (AvgIpc) is 2.66. The molecule has 0 spiro atoms. The first-order valence-electron chi connectivity index (χ1n) is 8.91. The van der Waals surface area contributed by atoms with E-state index in [2.05, 4.69) is 15.6 Å². The van der Waals surface area contributed by atoms with Crippen molar-refractivity contribution in [1.29, 1.82) is 5.26 Å². The Hall–Kier alpha value is -2.95. The molecule has 0 bridgehead atoms. The van der Waals surface area contributed by atoms with Gasteiger partial charge < -0.3 is 15.5 Å². The van der Waals surface area contributed by atoms with Crippen molar-refractivity contribution in [3.05, 3.63) is 35.9 Å². The summed E-state index contributed by atoms with van der Waals surface area (Å²) in [6, 6.07) is 3.83. The summed E-state index contributed by atoms with van der Waals surface area (Å²) in [5, 5.41) is 13.9. The third kappa shape index (κ3) is 6.06. The number of nitriles is 1. The maximum Gasteiger partial charge on any atom is 0.318 e. The molecule has 0 fully saturated rings. The molecule has 0 saturated carbocycles. The lowest BCUT2D eigenvalue weighted by atomic mass is 10.0. The molecule has 1 aromatic rings. The van der Waals surface area contributed by atoms with Crippen LogP contribution in [0.5, 0.6) is 0 Å². The van der Waals surface area contributed by atoms with Gasteiger partial charge in [-0.05, 0) is 42.0 Å². The van der Waals surface area contributed by atoms with Gasteiger partial charge in [-0.15, -0.1) is 0 Å². The maximum absolute atomic E-state index is 12.9. The molecule has 144 valence electrons. The first-order chi connectivity index (χ1) is 12.9. The van der Waals surface area contributed by atoms with Crippen molar-refractivity contribution in [1.82, 2.24) is 20.5 Å². The van der Waals surface area contributed by atoms with E-state index in [1.54, 1.807) is 11.0 Å². The van der Waals surface area contributed by atoms with Gasteiger partial charge in [-0.25, -0.2) is 9.78 Å². The number of nitrogens with zero attached hydrogens (tertiary/aromatic N) is 3. The fourth-order valence-electron chi connectivity index (χ4n) is 2.87. The summed E-state index contributed by atoms with van der Waals surface area (Å²) in [7, 11) is 0. The number of rotatable bonds is 6. The van der Waals surface area contributed by atoms with Gasteiger partial charge in [0.2, 0.25) is 11.9 Å². The van der Waals surface area contributed by atoms with E-state index in [1.165, 1.54) is 12.3 Å². The topological polar surface area (TPSA) is 98.1 Å². The van der Waals surface area contributed by atoms with Crippen LogP contribution in [0.3, 0.4) is 0 Å². The van der Waals surface area contributed by atoms with Gasteiger partial charge >= 0.3 is 6.03 Å². The normalized spacial score (nSPS) is 14.9. The molecule has 1 aromatic heterocycles. The zero-order valence-corrected chi connectivity index (χ0v) is 15.5. The van der Waals surface area contributed by atoms with Gasteiger partial charge in [0.15, 0.2) is 0 Å². The Kier molecular flexibility index (Phi) is 7.29. The van der Waals surface area contributed by atoms with Crippen molar-refractivity contribution in [2.45, 2.75) is 32.7 Å². The third-order valence-corrected chi connectivity index (χ3v) is 4.26. The Bertz CT molecular complexity index is 739. The Morgan fingerprint density at radius 1 is 1.41 bits per heavy atom. The number of urea groups is 1. The second-order valence-corrected chi connectivity index (χ2v) is 6.80. The number of pyridine rings is 1. The van der Waals surface area contributed by atoms with E-state index in [0.29, 0.717) is 25.9 Å². The van der Waals surface area contributed by atoms with Crippen LogP contribution in [0.15, 0.2) is 24.4 Å². The molecule has 2 rings (SSSR count). The number of hydrogen-bond donors (Lipinski definition) is 2. The monoisotopic (exact) mass is 373 g/mol. The third-order valence-electron chi connectivity index (χ3n) is 4.26. The molecule has 1 atom stereocenters. The Morgan fingerprint density at radius 2 is 2.19 bits per heavy atom. The second kappa shape index (κ2) is 9.67. The summed E-state index contributed by atoms with van der Waals surface area (Å²) < 4.78 is 12.9. The molecule has 3 amide bonds. The highest BCUT2D eigenvalue weighted by Gasteiger charge is 2.25. The molecule has 7 nitrogen and oxygen atoms in total. The van der Waals surface area contributed by atoms with Crippen LogP contribution in [0.4, 0.5) is 9.18 Å². The number of hydrogen-bond acceptors (Lipinski definition) is 4. The van der Waals surface area contributed by atoms with Crippen LogP contribution in [0.25, 0.3) is 5.57 Å². The van der Waals surface area contributed by atoms with E-state index in [1.807, 2.05) is 26.0 Å². The van der Waals surface area contributed by atoms with Gasteiger partial charge in [-0.2, -0.15) is 9.65 Å². The number of amides is 3. The Balaban J connectivity index is 1.97. The van der Waals surface area contributed by atoms with Crippen molar-refractivity contribution >= 4 is 17.5 Å². The lowest BCUT2D eigenvalue weighted by molar-refractivity contribution is -0.123. The van der Waals surface area contributed by atoms with Crippen molar-refractivity contribution in [3.8, 4) is 6.07 Å². The molecule has 1 aliphatic heterocycles. The molecule has 0 aliphatic carbocycles. The van der Waals surface area contributed by atoms with E-state index < -0.39 is 12.0 Å². The standard InChI is InChI=1S/C19H24FN5O2/c1-13(2)11-16(18(26)22-8-7-21)24-19(27)25-9-5-14(6-10-25)15-3-4-17(20)23-12-15/h3-5,12-13,16H,6,8-11H2,1-2H3,(H,22,26)(H,24,27). The van der Waals surface area contributed by atoms with Gasteiger partial charge in [-0.3, -0.25) is 4.79 Å². The molecule has 8 heteroatoms. The minimum Gasteiger partial charge on any atom is -0.341 e. The molecule has 2 heterocycles. The summed E-state index contributed by atoms with van der Waals surface area (Å²) in [4.78, 5) is 30.0. The number of halogens is 1. The number of carbonyl (C=O) groups excluding carboxylic acids is 2. The summed E-state index contributed by atoms with van der Waals surface area (Å²) in [6.07, 6.45) is 4.50. The molecular weight excluding hydrogens is 349 g/mol. The second-order valence-electron chi connectivity index (χ2n) is 6.80. The fourth-order valence-corrected chi connectivity index (χ4v) is 2.87. The Labute approximate surface area is 158 Å². The van der Waals surface area contributed by atoms with E-state index >= 15 is 0 Å². The summed E-state index contributed by atoms with van der Waals surface area (Å²) in [6.45, 7) is 4.72. The molecule has 2 N–H and O–H groups in total. The van der Waals surface area contributed by atoms with Crippen molar-refractivity contribution in [3.63, 3.8) is 0 Å². The largest absolute Gasteiger partial charge is 0.341 e. The van der Waals surface area contributed by atoms with Crippen LogP contribution in [0, 0.1) is 23.2 Å². The van der Waals surface area contributed by atoms with E-state index in [9.17, 15) is 14.0 Å².